The van der Waals surface area contributed by atoms with E-state index in [0.29, 0.717) is 18.4 Å². The van der Waals surface area contributed by atoms with Gasteiger partial charge in [-0.25, -0.2) is 0 Å². The van der Waals surface area contributed by atoms with E-state index in [1.807, 2.05) is 36.4 Å². The zero-order valence-corrected chi connectivity index (χ0v) is 22.5. The molecule has 1 unspecified atom stereocenters. The van der Waals surface area contributed by atoms with Crippen molar-refractivity contribution >= 4 is 5.97 Å². The maximum Gasteiger partial charge on any atom is 0.387 e. The molecule has 0 saturated heterocycles. The van der Waals surface area contributed by atoms with E-state index in [-0.39, 0.29) is 23.5 Å². The van der Waals surface area contributed by atoms with E-state index in [2.05, 4.69) is 30.7 Å². The first kappa shape index (κ1) is 27.2. The van der Waals surface area contributed by atoms with Gasteiger partial charge in [-0.3, -0.25) is 4.79 Å². The number of hydrogen-bond donors (Lipinski definition) is 1. The fourth-order valence-corrected chi connectivity index (χ4v) is 6.24. The molecule has 4 nitrogen and oxygen atoms in total. The van der Waals surface area contributed by atoms with Crippen molar-refractivity contribution in [2.45, 2.75) is 77.4 Å². The first-order valence-electron chi connectivity index (χ1n) is 13.8. The molecule has 2 atom stereocenters. The lowest BCUT2D eigenvalue weighted by molar-refractivity contribution is -0.137. The lowest BCUT2D eigenvalue weighted by Gasteiger charge is -2.30. The van der Waals surface area contributed by atoms with Gasteiger partial charge in [0.2, 0.25) is 0 Å². The highest BCUT2D eigenvalue weighted by atomic mass is 19.3. The Morgan fingerprint density at radius 2 is 1.77 bits per heavy atom. The molecule has 3 aromatic rings. The zero-order valence-electron chi connectivity index (χ0n) is 22.5. The fourth-order valence-electron chi connectivity index (χ4n) is 6.24. The molecule has 2 aliphatic rings. The summed E-state index contributed by atoms with van der Waals surface area (Å²) in [5.74, 6) is 0.904. The van der Waals surface area contributed by atoms with Crippen molar-refractivity contribution in [2.24, 2.45) is 11.3 Å². The Balaban J connectivity index is 1.41. The first-order valence-corrected chi connectivity index (χ1v) is 13.8. The Kier molecular flexibility index (Phi) is 7.92. The van der Waals surface area contributed by atoms with E-state index >= 15 is 0 Å². The molecule has 206 valence electrons. The number of benzene rings is 3. The van der Waals surface area contributed by atoms with Crippen molar-refractivity contribution in [3.05, 3.63) is 83.4 Å². The molecule has 2 saturated carbocycles. The molecule has 0 heterocycles. The van der Waals surface area contributed by atoms with E-state index in [0.717, 1.165) is 60.1 Å². The largest absolute Gasteiger partial charge is 0.489 e. The molecule has 39 heavy (non-hydrogen) atoms. The normalized spacial score (nSPS) is 19.2. The van der Waals surface area contributed by atoms with Gasteiger partial charge in [0.15, 0.2) is 0 Å². The topological polar surface area (TPSA) is 55.8 Å². The third kappa shape index (κ3) is 6.60. The maximum atomic E-state index is 12.9. The average Bonchev–Trinajstić information content (AvgIpc) is 3.67. The number of carboxylic acids is 1. The Morgan fingerprint density at radius 1 is 1.00 bits per heavy atom. The lowest BCUT2D eigenvalue weighted by Crippen LogP contribution is -2.16. The number of ether oxygens (including phenoxy) is 2. The lowest BCUT2D eigenvalue weighted by atomic mass is 9.75. The van der Waals surface area contributed by atoms with Gasteiger partial charge in [-0.2, -0.15) is 8.78 Å². The molecule has 2 fully saturated rings. The second kappa shape index (κ2) is 11.4. The molecule has 0 aromatic heterocycles. The molecule has 2 aliphatic carbocycles. The minimum Gasteiger partial charge on any atom is -0.489 e. The van der Waals surface area contributed by atoms with Gasteiger partial charge in [-0.1, -0.05) is 62.7 Å². The van der Waals surface area contributed by atoms with Crippen molar-refractivity contribution in [3.63, 3.8) is 0 Å². The van der Waals surface area contributed by atoms with Gasteiger partial charge in [-0.05, 0) is 101 Å². The average molecular weight is 535 g/mol. The van der Waals surface area contributed by atoms with Crippen LogP contribution in [0.3, 0.4) is 0 Å². The van der Waals surface area contributed by atoms with Crippen LogP contribution in [0, 0.1) is 11.3 Å². The van der Waals surface area contributed by atoms with E-state index in [1.165, 1.54) is 5.56 Å². The summed E-state index contributed by atoms with van der Waals surface area (Å²) in [6.07, 6.45) is 5.65. The minimum atomic E-state index is -2.87. The summed E-state index contributed by atoms with van der Waals surface area (Å²) in [7, 11) is 0. The number of carbonyl (C=O) groups is 1. The SMILES string of the molecule is CC1(C)CCC[C@@H]1c1cc(COc2cccc(C(CC(=O)O)C3CC3)c2)ccc1-c1cccc(OC(F)F)c1. The monoisotopic (exact) mass is 534 g/mol. The number of halogens is 2. The third-order valence-electron chi connectivity index (χ3n) is 8.40. The Bertz CT molecular complexity index is 1310. The minimum absolute atomic E-state index is 0.0198. The molecule has 0 aliphatic heterocycles. The Labute approximate surface area is 229 Å². The van der Waals surface area contributed by atoms with Crippen LogP contribution >= 0.6 is 0 Å². The van der Waals surface area contributed by atoms with Crippen molar-refractivity contribution in [3.8, 4) is 22.6 Å². The molecule has 5 rings (SSSR count). The summed E-state index contributed by atoms with van der Waals surface area (Å²) in [5.41, 5.74) is 5.27. The number of alkyl halides is 2. The molecule has 3 aromatic carbocycles. The predicted octanol–water partition coefficient (Wildman–Crippen LogP) is 8.80. The van der Waals surface area contributed by atoms with Gasteiger partial charge in [0.1, 0.15) is 18.1 Å². The molecule has 6 heteroatoms. The second-order valence-corrected chi connectivity index (χ2v) is 11.7. The van der Waals surface area contributed by atoms with Crippen LogP contribution in [0.5, 0.6) is 11.5 Å². The predicted molar refractivity (Wildman–Crippen MR) is 147 cm³/mol. The van der Waals surface area contributed by atoms with E-state index in [1.54, 1.807) is 18.2 Å². The van der Waals surface area contributed by atoms with Gasteiger partial charge in [-0.15, -0.1) is 0 Å². The van der Waals surface area contributed by atoms with Crippen molar-refractivity contribution in [2.75, 3.05) is 0 Å². The van der Waals surface area contributed by atoms with Crippen LogP contribution in [0.1, 0.15) is 80.9 Å². The summed E-state index contributed by atoms with van der Waals surface area (Å²) in [5, 5.41) is 9.38. The highest BCUT2D eigenvalue weighted by Gasteiger charge is 2.37. The van der Waals surface area contributed by atoms with E-state index in [9.17, 15) is 18.7 Å². The first-order chi connectivity index (χ1) is 18.7. The third-order valence-corrected chi connectivity index (χ3v) is 8.40. The quantitative estimate of drug-likeness (QED) is 0.267. The van der Waals surface area contributed by atoms with Crippen LogP contribution in [-0.4, -0.2) is 17.7 Å². The number of aliphatic carboxylic acids is 1. The summed E-state index contributed by atoms with van der Waals surface area (Å²) in [4.78, 5) is 11.4. The highest BCUT2D eigenvalue weighted by Crippen LogP contribution is 2.51. The highest BCUT2D eigenvalue weighted by molar-refractivity contribution is 5.70. The maximum absolute atomic E-state index is 12.9. The molecule has 1 N–H and O–H groups in total. The molecule has 0 radical (unpaired) electrons. The Hall–Kier alpha value is -3.41. The number of carboxylic acid groups (broad SMARTS) is 1. The van der Waals surface area contributed by atoms with Gasteiger partial charge in [0.25, 0.3) is 0 Å². The van der Waals surface area contributed by atoms with Crippen LogP contribution in [0.15, 0.2) is 66.7 Å². The summed E-state index contributed by atoms with van der Waals surface area (Å²) < 4.78 is 36.6. The summed E-state index contributed by atoms with van der Waals surface area (Å²) >= 11 is 0. The van der Waals surface area contributed by atoms with Gasteiger partial charge in [0, 0.05) is 0 Å². The van der Waals surface area contributed by atoms with Crippen LogP contribution in [0.25, 0.3) is 11.1 Å². The Morgan fingerprint density at radius 3 is 2.46 bits per heavy atom. The number of rotatable bonds is 11. The van der Waals surface area contributed by atoms with Gasteiger partial charge < -0.3 is 14.6 Å². The standard InChI is InChI=1S/C33H36F2O4/c1-33(2)15-5-10-30(33)29-16-21(11-14-27(29)23-6-4-9-26(18-23)39-32(34)35)20-38-25-8-3-7-24(17-25)28(19-31(36)37)22-12-13-22/h3-4,6-9,11,14,16-18,22,28,30,32H,5,10,12-13,15,19-20H2,1-2H3,(H,36,37)/t28?,30-/m1/s1. The van der Waals surface area contributed by atoms with Gasteiger partial charge in [0.05, 0.1) is 6.42 Å². The summed E-state index contributed by atoms with van der Waals surface area (Å²) in [6.45, 7) is 2.11. The molecular weight excluding hydrogens is 498 g/mol. The molecule has 0 spiro atoms. The van der Waals surface area contributed by atoms with Crippen molar-refractivity contribution < 1.29 is 28.2 Å². The van der Waals surface area contributed by atoms with Crippen LogP contribution in [0.4, 0.5) is 8.78 Å². The molecule has 0 amide bonds. The van der Waals surface area contributed by atoms with Crippen LogP contribution < -0.4 is 9.47 Å². The molecule has 0 bridgehead atoms. The van der Waals surface area contributed by atoms with E-state index < -0.39 is 12.6 Å². The van der Waals surface area contributed by atoms with Crippen LogP contribution in [-0.2, 0) is 11.4 Å². The second-order valence-electron chi connectivity index (χ2n) is 11.7. The van der Waals surface area contributed by atoms with Gasteiger partial charge >= 0.3 is 12.6 Å². The number of hydrogen-bond acceptors (Lipinski definition) is 3. The smallest absolute Gasteiger partial charge is 0.387 e. The van der Waals surface area contributed by atoms with Crippen LogP contribution in [0.2, 0.25) is 0 Å². The fraction of sp³-hybridized carbons (Fsp3) is 0.424. The van der Waals surface area contributed by atoms with Crippen molar-refractivity contribution in [1.82, 2.24) is 0 Å². The summed E-state index contributed by atoms with van der Waals surface area (Å²) in [6, 6.07) is 21.1. The zero-order chi connectivity index (χ0) is 27.6. The van der Waals surface area contributed by atoms with E-state index in [4.69, 9.17) is 4.74 Å². The molecular formula is C33H36F2O4. The van der Waals surface area contributed by atoms with Crippen molar-refractivity contribution in [1.29, 1.82) is 0 Å².